The van der Waals surface area contributed by atoms with E-state index in [0.717, 1.165) is 4.88 Å². The van der Waals surface area contributed by atoms with Crippen LogP contribution in [0.2, 0.25) is 0 Å². The first-order valence-electron chi connectivity index (χ1n) is 6.43. The largest absolute Gasteiger partial charge is 0.467 e. The molecule has 0 aliphatic carbocycles. The predicted molar refractivity (Wildman–Crippen MR) is 79.1 cm³/mol. The van der Waals surface area contributed by atoms with Crippen molar-refractivity contribution in [3.05, 3.63) is 46.5 Å². The first-order valence-corrected chi connectivity index (χ1v) is 7.31. The Bertz CT molecular complexity index is 544. The maximum absolute atomic E-state index is 12.4. The van der Waals surface area contributed by atoms with Crippen molar-refractivity contribution in [2.24, 2.45) is 11.5 Å². The number of hydrogen-bond donors (Lipinski definition) is 2. The Morgan fingerprint density at radius 2 is 2.10 bits per heavy atom. The normalized spacial score (nSPS) is 12.0. The number of hydrogen-bond acceptors (Lipinski definition) is 5. The minimum Gasteiger partial charge on any atom is -0.467 e. The lowest BCUT2D eigenvalue weighted by Gasteiger charge is -2.24. The SMILES string of the molecule is NC(=O)CC(N)C(=O)N(Cc1ccco1)Cc1cccs1. The van der Waals surface area contributed by atoms with Gasteiger partial charge >= 0.3 is 0 Å². The molecule has 1 atom stereocenters. The van der Waals surface area contributed by atoms with Gasteiger partial charge in [-0.25, -0.2) is 0 Å². The molecule has 0 radical (unpaired) electrons. The van der Waals surface area contributed by atoms with Crippen molar-refractivity contribution in [1.82, 2.24) is 4.90 Å². The molecule has 2 heterocycles. The molecule has 0 saturated carbocycles. The van der Waals surface area contributed by atoms with Crippen LogP contribution >= 0.6 is 11.3 Å². The van der Waals surface area contributed by atoms with E-state index < -0.39 is 11.9 Å². The second-order valence-corrected chi connectivity index (χ2v) is 5.66. The summed E-state index contributed by atoms with van der Waals surface area (Å²) in [6, 6.07) is 6.46. The van der Waals surface area contributed by atoms with Gasteiger partial charge < -0.3 is 20.8 Å². The quantitative estimate of drug-likeness (QED) is 0.798. The van der Waals surface area contributed by atoms with E-state index in [1.54, 1.807) is 34.6 Å². The van der Waals surface area contributed by atoms with Gasteiger partial charge in [0.05, 0.1) is 31.8 Å². The van der Waals surface area contributed by atoms with Gasteiger partial charge in [0.2, 0.25) is 11.8 Å². The molecule has 1 unspecified atom stereocenters. The van der Waals surface area contributed by atoms with Gasteiger partial charge in [-0.2, -0.15) is 0 Å². The molecule has 0 aliphatic heterocycles. The van der Waals surface area contributed by atoms with Gasteiger partial charge in [0, 0.05) is 4.88 Å². The van der Waals surface area contributed by atoms with Crippen LogP contribution in [0, 0.1) is 0 Å². The summed E-state index contributed by atoms with van der Waals surface area (Å²) in [7, 11) is 0. The number of nitrogens with zero attached hydrogens (tertiary/aromatic N) is 1. The summed E-state index contributed by atoms with van der Waals surface area (Å²) in [6.07, 6.45) is 1.38. The molecule has 2 aromatic heterocycles. The average Bonchev–Trinajstić information content (AvgIpc) is 3.09. The topological polar surface area (TPSA) is 103 Å². The fourth-order valence-electron chi connectivity index (χ4n) is 1.93. The van der Waals surface area contributed by atoms with E-state index in [2.05, 4.69) is 0 Å². The lowest BCUT2D eigenvalue weighted by atomic mass is 10.1. The summed E-state index contributed by atoms with van der Waals surface area (Å²) < 4.78 is 5.27. The van der Waals surface area contributed by atoms with Crippen LogP contribution in [0.3, 0.4) is 0 Å². The van der Waals surface area contributed by atoms with Crippen molar-refractivity contribution in [1.29, 1.82) is 0 Å². The van der Waals surface area contributed by atoms with Crippen molar-refractivity contribution in [3.63, 3.8) is 0 Å². The molecular weight excluding hydrogens is 290 g/mol. The molecule has 2 rings (SSSR count). The molecule has 7 heteroatoms. The second kappa shape index (κ2) is 7.05. The number of primary amides is 1. The number of amides is 2. The van der Waals surface area contributed by atoms with Crippen LogP contribution < -0.4 is 11.5 Å². The van der Waals surface area contributed by atoms with E-state index in [0.29, 0.717) is 18.8 Å². The summed E-state index contributed by atoms with van der Waals surface area (Å²) in [5.74, 6) is -0.255. The zero-order chi connectivity index (χ0) is 15.2. The van der Waals surface area contributed by atoms with E-state index >= 15 is 0 Å². The molecule has 2 aromatic rings. The molecule has 0 aliphatic rings. The fourth-order valence-corrected chi connectivity index (χ4v) is 2.65. The Kier molecular flexibility index (Phi) is 5.13. The third kappa shape index (κ3) is 4.44. The maximum Gasteiger partial charge on any atom is 0.240 e. The number of carbonyl (C=O) groups is 2. The predicted octanol–water partition coefficient (Wildman–Crippen LogP) is 1.07. The molecule has 0 fully saturated rings. The van der Waals surface area contributed by atoms with Crippen molar-refractivity contribution in [2.45, 2.75) is 25.6 Å². The molecular formula is C14H17N3O3S. The molecule has 0 bridgehead atoms. The van der Waals surface area contributed by atoms with Gasteiger partial charge in [-0.3, -0.25) is 9.59 Å². The standard InChI is InChI=1S/C14H17N3O3S/c15-12(7-13(16)18)14(19)17(8-10-3-1-5-20-10)9-11-4-2-6-21-11/h1-6,12H,7-9,15H2,(H2,16,18). The van der Waals surface area contributed by atoms with Gasteiger partial charge in [0.25, 0.3) is 0 Å². The zero-order valence-electron chi connectivity index (χ0n) is 11.4. The summed E-state index contributed by atoms with van der Waals surface area (Å²) in [4.78, 5) is 25.9. The fraction of sp³-hybridized carbons (Fsp3) is 0.286. The minimum atomic E-state index is -0.933. The average molecular weight is 307 g/mol. The highest BCUT2D eigenvalue weighted by Crippen LogP contribution is 2.16. The number of carbonyl (C=O) groups excluding carboxylic acids is 2. The highest BCUT2D eigenvalue weighted by molar-refractivity contribution is 7.09. The van der Waals surface area contributed by atoms with Gasteiger partial charge in [-0.1, -0.05) is 6.07 Å². The van der Waals surface area contributed by atoms with Crippen LogP contribution in [0.15, 0.2) is 40.3 Å². The third-order valence-electron chi connectivity index (χ3n) is 2.90. The lowest BCUT2D eigenvalue weighted by Crippen LogP contribution is -2.44. The molecule has 4 N–H and O–H groups in total. The van der Waals surface area contributed by atoms with Gasteiger partial charge in [0.15, 0.2) is 0 Å². The zero-order valence-corrected chi connectivity index (χ0v) is 12.2. The Morgan fingerprint density at radius 3 is 2.67 bits per heavy atom. The smallest absolute Gasteiger partial charge is 0.240 e. The Labute approximate surface area is 126 Å². The summed E-state index contributed by atoms with van der Waals surface area (Å²) in [5, 5.41) is 1.94. The number of nitrogens with two attached hydrogens (primary N) is 2. The first kappa shape index (κ1) is 15.3. The second-order valence-electron chi connectivity index (χ2n) is 4.63. The third-order valence-corrected chi connectivity index (χ3v) is 3.76. The lowest BCUT2D eigenvalue weighted by molar-refractivity contribution is -0.136. The summed E-state index contributed by atoms with van der Waals surface area (Å²) in [6.45, 7) is 0.722. The van der Waals surface area contributed by atoms with Crippen LogP contribution in [-0.2, 0) is 22.7 Å². The first-order chi connectivity index (χ1) is 10.1. The maximum atomic E-state index is 12.4. The number of thiophene rings is 1. The van der Waals surface area contributed by atoms with Crippen LogP contribution in [0.4, 0.5) is 0 Å². The van der Waals surface area contributed by atoms with Gasteiger partial charge in [0.1, 0.15) is 5.76 Å². The summed E-state index contributed by atoms with van der Waals surface area (Å²) >= 11 is 1.55. The monoisotopic (exact) mass is 307 g/mol. The Morgan fingerprint density at radius 1 is 1.29 bits per heavy atom. The molecule has 0 spiro atoms. The van der Waals surface area contributed by atoms with Gasteiger partial charge in [-0.05, 0) is 23.6 Å². The molecule has 21 heavy (non-hydrogen) atoms. The van der Waals surface area contributed by atoms with Crippen LogP contribution in [0.5, 0.6) is 0 Å². The van der Waals surface area contributed by atoms with E-state index in [1.807, 2.05) is 17.5 Å². The number of rotatable bonds is 7. The molecule has 0 saturated heterocycles. The number of furan rings is 1. The van der Waals surface area contributed by atoms with Crippen LogP contribution in [0.1, 0.15) is 17.1 Å². The van der Waals surface area contributed by atoms with Crippen molar-refractivity contribution < 1.29 is 14.0 Å². The Hall–Kier alpha value is -2.12. The van der Waals surface area contributed by atoms with Gasteiger partial charge in [-0.15, -0.1) is 11.3 Å². The highest BCUT2D eigenvalue weighted by Gasteiger charge is 2.23. The molecule has 0 aromatic carbocycles. The van der Waals surface area contributed by atoms with Crippen molar-refractivity contribution in [2.75, 3.05) is 0 Å². The highest BCUT2D eigenvalue weighted by atomic mass is 32.1. The minimum absolute atomic E-state index is 0.169. The van der Waals surface area contributed by atoms with E-state index in [9.17, 15) is 9.59 Å². The van der Waals surface area contributed by atoms with Crippen LogP contribution in [-0.4, -0.2) is 22.8 Å². The molecule has 2 amide bonds. The van der Waals surface area contributed by atoms with Crippen molar-refractivity contribution in [3.8, 4) is 0 Å². The van der Waals surface area contributed by atoms with E-state index in [1.165, 1.54) is 0 Å². The molecule has 6 nitrogen and oxygen atoms in total. The van der Waals surface area contributed by atoms with E-state index in [-0.39, 0.29) is 12.3 Å². The van der Waals surface area contributed by atoms with E-state index in [4.69, 9.17) is 15.9 Å². The summed E-state index contributed by atoms with van der Waals surface area (Å²) in [5.41, 5.74) is 10.9. The van der Waals surface area contributed by atoms with Crippen molar-refractivity contribution >= 4 is 23.2 Å². The molecule has 112 valence electrons. The Balaban J connectivity index is 2.10. The van der Waals surface area contributed by atoms with Crippen LogP contribution in [0.25, 0.3) is 0 Å².